The first-order chi connectivity index (χ1) is 18.0. The van der Waals surface area contributed by atoms with E-state index in [0.29, 0.717) is 17.9 Å². The second-order valence-corrected chi connectivity index (χ2v) is 12.4. The number of aliphatic hydroxyl groups excluding tert-OH is 3. The summed E-state index contributed by atoms with van der Waals surface area (Å²) in [5.41, 5.74) is 0.638. The van der Waals surface area contributed by atoms with E-state index in [9.17, 15) is 42.1 Å². The van der Waals surface area contributed by atoms with Crippen LogP contribution in [0.1, 0.15) is 71.6 Å². The monoisotopic (exact) mass is 558 g/mol. The number of hydrogen-bond donors (Lipinski definition) is 3. The molecule has 218 valence electrons. The van der Waals surface area contributed by atoms with Gasteiger partial charge in [-0.05, 0) is 85.7 Å². The zero-order valence-electron chi connectivity index (χ0n) is 22.5. The first-order valence-electron chi connectivity index (χ1n) is 13.9. The third-order valence-electron chi connectivity index (χ3n) is 9.98. The van der Waals surface area contributed by atoms with Crippen molar-refractivity contribution in [3.05, 3.63) is 47.6 Å². The molecule has 9 heteroatoms. The van der Waals surface area contributed by atoms with E-state index in [-0.39, 0.29) is 36.5 Å². The topological polar surface area (TPSA) is 77.8 Å². The molecule has 0 saturated heterocycles. The number of allylic oxidation sites excluding steroid dienone is 4. The Balaban J connectivity index is 1.47. The van der Waals surface area contributed by atoms with Gasteiger partial charge in [-0.3, -0.25) is 4.79 Å². The van der Waals surface area contributed by atoms with Gasteiger partial charge in [0.1, 0.15) is 0 Å². The van der Waals surface area contributed by atoms with E-state index >= 15 is 0 Å². The number of rotatable bonds is 7. The van der Waals surface area contributed by atoms with Crippen molar-refractivity contribution in [3.63, 3.8) is 0 Å². The van der Waals surface area contributed by atoms with Crippen LogP contribution in [0.5, 0.6) is 0 Å². The summed E-state index contributed by atoms with van der Waals surface area (Å²) in [5.74, 6) is -7.31. The van der Waals surface area contributed by atoms with Gasteiger partial charge in [0, 0.05) is 6.42 Å². The van der Waals surface area contributed by atoms with E-state index in [2.05, 4.69) is 19.6 Å². The summed E-state index contributed by atoms with van der Waals surface area (Å²) < 4.78 is 65.8. The Morgan fingerprint density at radius 1 is 1.08 bits per heavy atom. The normalized spacial score (nSPS) is 36.8. The zero-order chi connectivity index (χ0) is 29.0. The van der Waals surface area contributed by atoms with Crippen LogP contribution in [0, 0.1) is 28.6 Å². The Morgan fingerprint density at radius 2 is 1.74 bits per heavy atom. The van der Waals surface area contributed by atoms with E-state index < -0.39 is 41.6 Å². The summed E-state index contributed by atoms with van der Waals surface area (Å²) in [6, 6.07) is 0. The molecule has 7 atom stereocenters. The number of carbonyl (C=O) groups is 1. The number of Topliss-reactive ketones (excluding diaryl/α,β-unsaturated/α-hetero) is 1. The van der Waals surface area contributed by atoms with Crippen molar-refractivity contribution in [1.82, 2.24) is 0 Å². The van der Waals surface area contributed by atoms with E-state index in [0.717, 1.165) is 37.7 Å². The molecule has 4 aliphatic rings. The van der Waals surface area contributed by atoms with Crippen LogP contribution in [0.25, 0.3) is 0 Å². The number of halogens is 5. The summed E-state index contributed by atoms with van der Waals surface area (Å²) in [4.78, 5) is 12.1. The molecule has 4 rings (SSSR count). The van der Waals surface area contributed by atoms with Gasteiger partial charge in [-0.1, -0.05) is 50.3 Å². The number of alkyl halides is 5. The molecule has 0 unspecified atom stereocenters. The fourth-order valence-corrected chi connectivity index (χ4v) is 7.44. The third-order valence-corrected chi connectivity index (χ3v) is 9.98. The summed E-state index contributed by atoms with van der Waals surface area (Å²) in [7, 11) is 0. The van der Waals surface area contributed by atoms with Crippen LogP contribution in [-0.4, -0.2) is 51.5 Å². The maximum atomic E-state index is 13.7. The molecule has 0 amide bonds. The molecule has 4 nitrogen and oxygen atoms in total. The maximum Gasteiger partial charge on any atom is 0.461 e. The van der Waals surface area contributed by atoms with Crippen LogP contribution < -0.4 is 0 Å². The van der Waals surface area contributed by atoms with E-state index in [1.54, 1.807) is 6.08 Å². The highest BCUT2D eigenvalue weighted by Gasteiger charge is 2.71. The van der Waals surface area contributed by atoms with Gasteiger partial charge in [-0.2, -0.15) is 22.0 Å². The number of carbonyl (C=O) groups excluding carboxylic acids is 1. The Kier molecular flexibility index (Phi) is 8.13. The molecule has 0 aromatic carbocycles. The molecule has 0 spiro atoms. The first-order valence-corrected chi connectivity index (χ1v) is 13.9. The van der Waals surface area contributed by atoms with E-state index in [1.165, 1.54) is 11.6 Å². The molecule has 4 fully saturated rings. The molecule has 0 bridgehead atoms. The second kappa shape index (κ2) is 10.5. The van der Waals surface area contributed by atoms with E-state index in [4.69, 9.17) is 0 Å². The lowest BCUT2D eigenvalue weighted by atomic mass is 9.61. The van der Waals surface area contributed by atoms with Crippen LogP contribution in [0.15, 0.2) is 47.6 Å². The molecule has 0 radical (unpaired) electrons. The van der Waals surface area contributed by atoms with Gasteiger partial charge in [-0.15, -0.1) is 0 Å². The van der Waals surface area contributed by atoms with Crippen molar-refractivity contribution in [2.24, 2.45) is 28.6 Å². The van der Waals surface area contributed by atoms with Gasteiger partial charge in [0.25, 0.3) is 0 Å². The fourth-order valence-electron chi connectivity index (χ4n) is 7.44. The predicted octanol–water partition coefficient (Wildman–Crippen LogP) is 6.23. The average Bonchev–Trinajstić information content (AvgIpc) is 3.58. The van der Waals surface area contributed by atoms with Gasteiger partial charge in [0.05, 0.1) is 23.7 Å². The van der Waals surface area contributed by atoms with Crippen molar-refractivity contribution in [2.75, 3.05) is 0 Å². The van der Waals surface area contributed by atoms with Crippen molar-refractivity contribution in [2.45, 2.75) is 102 Å². The molecule has 3 N–H and O–H groups in total. The Hall–Kier alpha value is -1.84. The van der Waals surface area contributed by atoms with Gasteiger partial charge >= 0.3 is 12.1 Å². The number of ketones is 1. The van der Waals surface area contributed by atoms with Crippen LogP contribution in [0.3, 0.4) is 0 Å². The summed E-state index contributed by atoms with van der Waals surface area (Å²) in [5, 5.41) is 30.7. The highest BCUT2D eigenvalue weighted by molar-refractivity contribution is 5.94. The standard InChI is InChI=1S/C30H39F5O4/c1-17(6-11-25(38)28(13-14-28)26(39)29(31,32)30(33,34)35)22-9-10-23-19(5-4-12-27(22,23)3)7-8-20-15-21(36)16-24(37)18(20)2/h6-8,11,17,21-25,36-38H,2,4-5,9-10,12-16H2,1,3H3/t17-,21-,22-,23+,24+,25+,27-/m1/s1. The fraction of sp³-hybridized carbons (Fsp3) is 0.700. The molecule has 0 aromatic rings. The average molecular weight is 559 g/mol. The highest BCUT2D eigenvalue weighted by Crippen LogP contribution is 2.60. The second-order valence-electron chi connectivity index (χ2n) is 12.4. The summed E-state index contributed by atoms with van der Waals surface area (Å²) in [6.45, 7) is 8.17. The zero-order valence-corrected chi connectivity index (χ0v) is 22.5. The third kappa shape index (κ3) is 5.43. The minimum absolute atomic E-state index is 0.0592. The van der Waals surface area contributed by atoms with Crippen LogP contribution >= 0.6 is 0 Å². The summed E-state index contributed by atoms with van der Waals surface area (Å²) >= 11 is 0. The van der Waals surface area contributed by atoms with Crippen molar-refractivity contribution in [3.8, 4) is 0 Å². The van der Waals surface area contributed by atoms with Gasteiger partial charge < -0.3 is 15.3 Å². The Morgan fingerprint density at radius 3 is 2.36 bits per heavy atom. The van der Waals surface area contributed by atoms with E-state index in [1.807, 2.05) is 13.0 Å². The van der Waals surface area contributed by atoms with Crippen LogP contribution in [0.2, 0.25) is 0 Å². The Labute approximate surface area is 226 Å². The van der Waals surface area contributed by atoms with Crippen LogP contribution in [-0.2, 0) is 4.79 Å². The molecular weight excluding hydrogens is 519 g/mol. The number of aliphatic hydroxyl groups is 3. The molecule has 0 aromatic heterocycles. The molecule has 0 heterocycles. The van der Waals surface area contributed by atoms with Gasteiger partial charge in [0.2, 0.25) is 5.78 Å². The maximum absolute atomic E-state index is 13.7. The first kappa shape index (κ1) is 30.1. The molecule has 0 aliphatic heterocycles. The molecular formula is C30H39F5O4. The quantitative estimate of drug-likeness (QED) is 0.256. The van der Waals surface area contributed by atoms with Crippen molar-refractivity contribution >= 4 is 5.78 Å². The molecule has 4 saturated carbocycles. The van der Waals surface area contributed by atoms with Gasteiger partial charge in [0.15, 0.2) is 0 Å². The SMILES string of the molecule is C=C1C(=CC=C2CCC[C@]3(C)[C@@H]([C@H](C)C=C[C@H](O)C4(C(=O)C(F)(F)C(F)(F)F)CC4)CC[C@@H]23)C[C@@H](O)C[C@@H]1O. The largest absolute Gasteiger partial charge is 0.461 e. The lowest BCUT2D eigenvalue weighted by Crippen LogP contribution is -2.50. The Bertz CT molecular complexity index is 1070. The predicted molar refractivity (Wildman–Crippen MR) is 137 cm³/mol. The number of hydrogen-bond acceptors (Lipinski definition) is 4. The minimum Gasteiger partial charge on any atom is -0.393 e. The minimum atomic E-state index is -5.99. The van der Waals surface area contributed by atoms with Crippen molar-refractivity contribution < 1.29 is 42.1 Å². The van der Waals surface area contributed by atoms with Crippen molar-refractivity contribution in [1.29, 1.82) is 0 Å². The number of fused-ring (bicyclic) bond motifs is 1. The highest BCUT2D eigenvalue weighted by atomic mass is 19.4. The smallest absolute Gasteiger partial charge is 0.393 e. The lowest BCUT2D eigenvalue weighted by Gasteiger charge is -2.44. The van der Waals surface area contributed by atoms with Crippen LogP contribution in [0.4, 0.5) is 22.0 Å². The lowest BCUT2D eigenvalue weighted by molar-refractivity contribution is -0.272. The van der Waals surface area contributed by atoms with Gasteiger partial charge in [-0.25, -0.2) is 0 Å². The molecule has 39 heavy (non-hydrogen) atoms. The summed E-state index contributed by atoms with van der Waals surface area (Å²) in [6.07, 6.45) is 3.03. The molecule has 4 aliphatic carbocycles.